The van der Waals surface area contributed by atoms with Crippen LogP contribution in [0.3, 0.4) is 0 Å². The van der Waals surface area contributed by atoms with Crippen LogP contribution in [0.2, 0.25) is 0 Å². The maximum Gasteiger partial charge on any atom is 0.239 e. The van der Waals surface area contributed by atoms with Crippen LogP contribution in [-0.2, 0) is 9.53 Å². The largest absolute Gasteiger partial charge is 0.374 e. The van der Waals surface area contributed by atoms with Crippen molar-refractivity contribution in [3.63, 3.8) is 0 Å². The highest BCUT2D eigenvalue weighted by Crippen LogP contribution is 2.15. The summed E-state index contributed by atoms with van der Waals surface area (Å²) < 4.78 is 5.71. The molecular formula is C15H24N2O2. The number of ether oxygens (including phenoxy) is 1. The molecule has 0 aromatic heterocycles. The fraction of sp³-hybridized carbons (Fsp3) is 0.533. The van der Waals surface area contributed by atoms with Crippen LogP contribution in [-0.4, -0.2) is 24.6 Å². The first-order chi connectivity index (χ1) is 8.91. The van der Waals surface area contributed by atoms with Gasteiger partial charge in [0.05, 0.1) is 11.6 Å². The molecule has 0 aliphatic heterocycles. The number of rotatable bonds is 7. The molecule has 0 bridgehead atoms. The summed E-state index contributed by atoms with van der Waals surface area (Å²) in [5, 5.41) is 2.79. The molecule has 106 valence electrons. The summed E-state index contributed by atoms with van der Waals surface area (Å²) in [7, 11) is 0. The zero-order valence-electron chi connectivity index (χ0n) is 12.0. The second kappa shape index (κ2) is 7.26. The van der Waals surface area contributed by atoms with E-state index < -0.39 is 5.54 Å². The lowest BCUT2D eigenvalue weighted by molar-refractivity contribution is -0.125. The summed E-state index contributed by atoms with van der Waals surface area (Å²) in [6.45, 7) is 6.60. The van der Waals surface area contributed by atoms with Crippen molar-refractivity contribution in [3.05, 3.63) is 35.9 Å². The first-order valence-corrected chi connectivity index (χ1v) is 6.65. The van der Waals surface area contributed by atoms with Crippen molar-refractivity contribution in [3.8, 4) is 0 Å². The Morgan fingerprint density at radius 2 is 2.00 bits per heavy atom. The van der Waals surface area contributed by atoms with E-state index in [2.05, 4.69) is 5.32 Å². The highest BCUT2D eigenvalue weighted by atomic mass is 16.5. The van der Waals surface area contributed by atoms with Crippen molar-refractivity contribution in [2.24, 2.45) is 5.73 Å². The van der Waals surface area contributed by atoms with Gasteiger partial charge in [0.25, 0.3) is 0 Å². The molecule has 1 unspecified atom stereocenters. The Morgan fingerprint density at radius 1 is 1.37 bits per heavy atom. The van der Waals surface area contributed by atoms with Crippen LogP contribution in [0.25, 0.3) is 0 Å². The number of nitrogens with two attached hydrogens (primary N) is 1. The van der Waals surface area contributed by atoms with Gasteiger partial charge in [-0.3, -0.25) is 4.79 Å². The molecule has 3 N–H and O–H groups in total. The molecule has 0 fully saturated rings. The van der Waals surface area contributed by atoms with Crippen molar-refractivity contribution >= 4 is 5.91 Å². The van der Waals surface area contributed by atoms with Crippen LogP contribution in [0.15, 0.2) is 30.3 Å². The van der Waals surface area contributed by atoms with Crippen LogP contribution in [0.1, 0.15) is 38.9 Å². The zero-order valence-corrected chi connectivity index (χ0v) is 12.0. The third-order valence-electron chi connectivity index (χ3n) is 2.83. The molecule has 0 heterocycles. The minimum atomic E-state index is -0.821. The molecular weight excluding hydrogens is 240 g/mol. The number of benzene rings is 1. The van der Waals surface area contributed by atoms with Crippen molar-refractivity contribution in [2.75, 3.05) is 13.2 Å². The van der Waals surface area contributed by atoms with Gasteiger partial charge in [0, 0.05) is 13.2 Å². The lowest BCUT2D eigenvalue weighted by Crippen LogP contribution is -2.49. The minimum absolute atomic E-state index is 0.0721. The van der Waals surface area contributed by atoms with Gasteiger partial charge in [-0.25, -0.2) is 0 Å². The van der Waals surface area contributed by atoms with Crippen LogP contribution >= 0.6 is 0 Å². The topological polar surface area (TPSA) is 64.3 Å². The van der Waals surface area contributed by atoms with E-state index in [1.54, 1.807) is 13.8 Å². The molecule has 0 saturated carbocycles. The van der Waals surface area contributed by atoms with Crippen molar-refractivity contribution in [1.29, 1.82) is 0 Å². The summed E-state index contributed by atoms with van der Waals surface area (Å²) in [4.78, 5) is 11.5. The highest BCUT2D eigenvalue weighted by Gasteiger charge is 2.20. The Morgan fingerprint density at radius 3 is 2.58 bits per heavy atom. The zero-order chi connectivity index (χ0) is 14.3. The third kappa shape index (κ3) is 5.85. The van der Waals surface area contributed by atoms with Gasteiger partial charge >= 0.3 is 0 Å². The van der Waals surface area contributed by atoms with E-state index in [0.29, 0.717) is 13.2 Å². The summed E-state index contributed by atoms with van der Waals surface area (Å²) in [5.74, 6) is -0.136. The molecule has 0 saturated heterocycles. The van der Waals surface area contributed by atoms with Crippen LogP contribution in [0, 0.1) is 0 Å². The Bertz CT molecular complexity index is 385. The van der Waals surface area contributed by atoms with E-state index in [9.17, 15) is 4.79 Å². The monoisotopic (exact) mass is 264 g/mol. The first kappa shape index (κ1) is 15.7. The Labute approximate surface area is 115 Å². The molecule has 0 aliphatic rings. The normalized spacial score (nSPS) is 13.1. The third-order valence-corrected chi connectivity index (χ3v) is 2.83. The minimum Gasteiger partial charge on any atom is -0.374 e. The molecule has 1 atom stereocenters. The molecule has 4 heteroatoms. The second-order valence-corrected chi connectivity index (χ2v) is 5.25. The molecule has 1 aromatic rings. The van der Waals surface area contributed by atoms with Crippen molar-refractivity contribution < 1.29 is 9.53 Å². The molecule has 4 nitrogen and oxygen atoms in total. The van der Waals surface area contributed by atoms with Crippen LogP contribution in [0.5, 0.6) is 0 Å². The summed E-state index contributed by atoms with van der Waals surface area (Å²) >= 11 is 0. The van der Waals surface area contributed by atoms with Crippen molar-refractivity contribution in [1.82, 2.24) is 5.32 Å². The molecule has 0 spiro atoms. The number of carbonyl (C=O) groups is 1. The Balaban J connectivity index is 2.16. The maximum absolute atomic E-state index is 11.5. The summed E-state index contributed by atoms with van der Waals surface area (Å²) in [6, 6.07) is 10.1. The average Bonchev–Trinajstić information content (AvgIpc) is 2.37. The van der Waals surface area contributed by atoms with E-state index >= 15 is 0 Å². The first-order valence-electron chi connectivity index (χ1n) is 6.65. The molecule has 0 aliphatic carbocycles. The van der Waals surface area contributed by atoms with Gasteiger partial charge in [0.2, 0.25) is 5.91 Å². The lowest BCUT2D eigenvalue weighted by atomic mass is 10.1. The van der Waals surface area contributed by atoms with Crippen LogP contribution < -0.4 is 11.1 Å². The number of carbonyl (C=O) groups excluding carboxylic acids is 1. The Hall–Kier alpha value is -1.39. The summed E-state index contributed by atoms with van der Waals surface area (Å²) in [6.07, 6.45) is 0.849. The van der Waals surface area contributed by atoms with Gasteiger partial charge in [0.1, 0.15) is 0 Å². The van der Waals surface area contributed by atoms with Gasteiger partial charge < -0.3 is 15.8 Å². The van der Waals surface area contributed by atoms with Crippen molar-refractivity contribution in [2.45, 2.75) is 38.8 Å². The fourth-order valence-electron chi connectivity index (χ4n) is 1.58. The van der Waals surface area contributed by atoms with Gasteiger partial charge in [0.15, 0.2) is 0 Å². The van der Waals surface area contributed by atoms with Gasteiger partial charge in [-0.2, -0.15) is 0 Å². The average molecular weight is 264 g/mol. The van der Waals surface area contributed by atoms with Crippen LogP contribution in [0.4, 0.5) is 0 Å². The van der Waals surface area contributed by atoms with E-state index in [1.165, 1.54) is 0 Å². The molecule has 1 aromatic carbocycles. The summed E-state index contributed by atoms with van der Waals surface area (Å²) in [5.41, 5.74) is 6.02. The van der Waals surface area contributed by atoms with E-state index in [0.717, 1.165) is 12.0 Å². The number of nitrogens with one attached hydrogen (secondary N) is 1. The molecule has 1 rings (SSSR count). The van der Waals surface area contributed by atoms with E-state index in [4.69, 9.17) is 10.5 Å². The lowest BCUT2D eigenvalue weighted by Gasteiger charge is -2.18. The fourth-order valence-corrected chi connectivity index (χ4v) is 1.58. The predicted octanol–water partition coefficient (Wildman–Crippen LogP) is 2.01. The maximum atomic E-state index is 11.5. The number of hydrogen-bond donors (Lipinski definition) is 2. The number of amides is 1. The quantitative estimate of drug-likeness (QED) is 0.740. The Kier molecular flexibility index (Phi) is 5.99. The van der Waals surface area contributed by atoms with Gasteiger partial charge in [-0.1, -0.05) is 30.3 Å². The van der Waals surface area contributed by atoms with E-state index in [-0.39, 0.29) is 12.0 Å². The molecule has 19 heavy (non-hydrogen) atoms. The highest BCUT2D eigenvalue weighted by molar-refractivity contribution is 5.84. The standard InChI is InChI=1S/C15H24N2O2/c1-12(13-8-5-4-6-9-13)19-11-7-10-17-14(18)15(2,3)16/h4-6,8-9,12H,7,10-11,16H2,1-3H3,(H,17,18). The smallest absolute Gasteiger partial charge is 0.239 e. The molecule has 1 amide bonds. The van der Waals surface area contributed by atoms with Gasteiger partial charge in [-0.15, -0.1) is 0 Å². The number of hydrogen-bond acceptors (Lipinski definition) is 3. The van der Waals surface area contributed by atoms with Gasteiger partial charge in [-0.05, 0) is 32.8 Å². The van der Waals surface area contributed by atoms with E-state index in [1.807, 2.05) is 37.3 Å². The predicted molar refractivity (Wildman–Crippen MR) is 76.7 cm³/mol. The SMILES string of the molecule is CC(OCCCNC(=O)C(C)(C)N)c1ccccc1. The second-order valence-electron chi connectivity index (χ2n) is 5.25. The molecule has 0 radical (unpaired) electrons.